The molecule has 1 aromatic carbocycles. The average molecular weight is 363 g/mol. The highest BCUT2D eigenvalue weighted by Crippen LogP contribution is 2.24. The van der Waals surface area contributed by atoms with Crippen LogP contribution >= 0.6 is 0 Å². The van der Waals surface area contributed by atoms with Crippen LogP contribution in [0.15, 0.2) is 29.5 Å². The quantitative estimate of drug-likeness (QED) is 0.322. The molecule has 2 N–H and O–H groups in total. The Morgan fingerprint density at radius 1 is 1.42 bits per heavy atom. The molecule has 0 fully saturated rings. The Bertz CT molecular complexity index is 788. The molecule has 0 radical (unpaired) electrons. The van der Waals surface area contributed by atoms with Crippen molar-refractivity contribution < 1.29 is 28.8 Å². The molecule has 0 saturated heterocycles. The number of benzene rings is 1. The lowest BCUT2D eigenvalue weighted by Crippen LogP contribution is -2.50. The predicted octanol–water partition coefficient (Wildman–Crippen LogP) is 1.30. The van der Waals surface area contributed by atoms with Crippen molar-refractivity contribution in [3.05, 3.63) is 45.1 Å². The van der Waals surface area contributed by atoms with E-state index in [1.807, 2.05) is 0 Å². The van der Waals surface area contributed by atoms with Crippen molar-refractivity contribution in [2.75, 3.05) is 13.2 Å². The van der Waals surface area contributed by atoms with Crippen molar-refractivity contribution in [1.82, 2.24) is 10.6 Å². The Hall–Kier alpha value is -3.43. The van der Waals surface area contributed by atoms with Crippen molar-refractivity contribution in [1.29, 1.82) is 0 Å². The lowest BCUT2D eigenvalue weighted by Gasteiger charge is -2.26. The van der Waals surface area contributed by atoms with Gasteiger partial charge in [-0.3, -0.25) is 14.9 Å². The van der Waals surface area contributed by atoms with Gasteiger partial charge in [-0.15, -0.1) is 0 Å². The summed E-state index contributed by atoms with van der Waals surface area (Å²) in [6.45, 7) is 3.20. The van der Waals surface area contributed by atoms with E-state index in [1.165, 1.54) is 12.1 Å². The summed E-state index contributed by atoms with van der Waals surface area (Å²) in [6, 6.07) is 2.44. The Balaban J connectivity index is 2.28. The van der Waals surface area contributed by atoms with Gasteiger partial charge >= 0.3 is 12.0 Å². The van der Waals surface area contributed by atoms with Crippen molar-refractivity contribution in [3.8, 4) is 5.75 Å². The molecule has 0 aromatic heterocycles. The summed E-state index contributed by atoms with van der Waals surface area (Å²) in [4.78, 5) is 45.1. The van der Waals surface area contributed by atoms with Crippen LogP contribution in [0, 0.1) is 10.1 Å². The highest BCUT2D eigenvalue weighted by molar-refractivity contribution is 5.94. The molecule has 1 heterocycles. The first-order valence-electron chi connectivity index (χ1n) is 7.71. The fourth-order valence-corrected chi connectivity index (χ4v) is 2.42. The van der Waals surface area contributed by atoms with Gasteiger partial charge in [-0.05, 0) is 19.9 Å². The van der Waals surface area contributed by atoms with E-state index in [1.54, 1.807) is 13.8 Å². The lowest BCUT2D eigenvalue weighted by atomic mass is 10.0. The molecule has 0 saturated carbocycles. The molecule has 138 valence electrons. The second-order valence-electron chi connectivity index (χ2n) is 5.32. The minimum Gasteiger partial charge on any atom is -0.487 e. The number of nitrogens with zero attached hydrogens (tertiary/aromatic N) is 1. The van der Waals surface area contributed by atoms with Crippen molar-refractivity contribution in [2.24, 2.45) is 0 Å². The van der Waals surface area contributed by atoms with Crippen LogP contribution in [0.2, 0.25) is 0 Å². The molecule has 1 aliphatic rings. The van der Waals surface area contributed by atoms with E-state index in [0.717, 1.165) is 6.07 Å². The zero-order valence-electron chi connectivity index (χ0n) is 14.1. The number of hydrogen-bond acceptors (Lipinski definition) is 7. The van der Waals surface area contributed by atoms with Gasteiger partial charge in [0, 0.05) is 12.1 Å². The zero-order chi connectivity index (χ0) is 19.3. The van der Waals surface area contributed by atoms with Gasteiger partial charge in [-0.2, -0.15) is 0 Å². The fourth-order valence-electron chi connectivity index (χ4n) is 2.42. The number of carbonyl (C=O) groups excluding carboxylic acids is 3. The highest BCUT2D eigenvalue weighted by Gasteiger charge is 2.30. The van der Waals surface area contributed by atoms with Crippen LogP contribution in [0.25, 0.3) is 0 Å². The number of nitro benzene ring substituents is 1. The molecule has 2 amide bonds. The standard InChI is InChI=1S/C16H17N3O7/c1-3-25-15(21)14-9(2)17-16(22)18-12(14)8-26-13-5-4-11(19(23)24)6-10(13)7-20/h4-7,9H,3,8H2,1-2H3,(H2,17,18,22). The van der Waals surface area contributed by atoms with Crippen LogP contribution in [-0.2, 0) is 9.53 Å². The molecule has 1 aromatic rings. The normalized spacial score (nSPS) is 16.4. The maximum atomic E-state index is 12.1. The van der Waals surface area contributed by atoms with Crippen LogP contribution in [0.3, 0.4) is 0 Å². The Morgan fingerprint density at radius 2 is 2.15 bits per heavy atom. The minimum absolute atomic E-state index is 0.0224. The monoisotopic (exact) mass is 363 g/mol. The van der Waals surface area contributed by atoms with Crippen molar-refractivity contribution >= 4 is 24.0 Å². The molecular formula is C16H17N3O7. The second kappa shape index (κ2) is 8.10. The van der Waals surface area contributed by atoms with E-state index in [4.69, 9.17) is 9.47 Å². The first kappa shape index (κ1) is 18.9. The second-order valence-corrected chi connectivity index (χ2v) is 5.32. The van der Waals surface area contributed by atoms with Crippen LogP contribution < -0.4 is 15.4 Å². The first-order valence-corrected chi connectivity index (χ1v) is 7.71. The summed E-state index contributed by atoms with van der Waals surface area (Å²) in [5.41, 5.74) is 0.108. The fraction of sp³-hybridized carbons (Fsp3) is 0.312. The first-order chi connectivity index (χ1) is 12.4. The van der Waals surface area contributed by atoms with Gasteiger partial charge in [0.05, 0.1) is 34.4 Å². The van der Waals surface area contributed by atoms with Gasteiger partial charge in [0.15, 0.2) is 6.29 Å². The summed E-state index contributed by atoms with van der Waals surface area (Å²) in [5, 5.41) is 15.8. The summed E-state index contributed by atoms with van der Waals surface area (Å²) in [7, 11) is 0. The highest BCUT2D eigenvalue weighted by atomic mass is 16.6. The summed E-state index contributed by atoms with van der Waals surface area (Å²) >= 11 is 0. The summed E-state index contributed by atoms with van der Waals surface area (Å²) in [5.74, 6) is -0.521. The Morgan fingerprint density at radius 3 is 2.77 bits per heavy atom. The van der Waals surface area contributed by atoms with Gasteiger partial charge in [0.1, 0.15) is 12.4 Å². The van der Waals surface area contributed by atoms with E-state index in [9.17, 15) is 24.5 Å². The summed E-state index contributed by atoms with van der Waals surface area (Å²) in [6.07, 6.45) is 0.423. The molecule has 10 heteroatoms. The van der Waals surface area contributed by atoms with E-state index >= 15 is 0 Å². The molecule has 0 bridgehead atoms. The number of carbonyl (C=O) groups is 3. The van der Waals surface area contributed by atoms with Crippen molar-refractivity contribution in [3.63, 3.8) is 0 Å². The number of non-ortho nitro benzene ring substituents is 1. The maximum Gasteiger partial charge on any atom is 0.338 e. The van der Waals surface area contributed by atoms with E-state index in [-0.39, 0.29) is 41.5 Å². The number of esters is 1. The zero-order valence-corrected chi connectivity index (χ0v) is 14.1. The molecule has 1 aliphatic heterocycles. The SMILES string of the molecule is CCOC(=O)C1=C(COc2ccc([N+](=O)[O-])cc2C=O)NC(=O)NC1C. The molecule has 1 atom stereocenters. The topological polar surface area (TPSA) is 137 Å². The molecule has 26 heavy (non-hydrogen) atoms. The predicted molar refractivity (Wildman–Crippen MR) is 88.8 cm³/mol. The van der Waals surface area contributed by atoms with E-state index in [2.05, 4.69) is 10.6 Å². The number of rotatable bonds is 7. The number of ether oxygens (including phenoxy) is 2. The number of hydrogen-bond donors (Lipinski definition) is 2. The van der Waals surface area contributed by atoms with Gasteiger partial charge < -0.3 is 20.1 Å². The molecule has 0 spiro atoms. The number of nitrogens with one attached hydrogen (secondary N) is 2. The van der Waals surface area contributed by atoms with Gasteiger partial charge in [-0.25, -0.2) is 9.59 Å². The maximum absolute atomic E-state index is 12.1. The van der Waals surface area contributed by atoms with Crippen molar-refractivity contribution in [2.45, 2.75) is 19.9 Å². The molecule has 0 aliphatic carbocycles. The lowest BCUT2D eigenvalue weighted by molar-refractivity contribution is -0.384. The molecule has 1 unspecified atom stereocenters. The molecular weight excluding hydrogens is 346 g/mol. The number of urea groups is 1. The third-order valence-electron chi connectivity index (χ3n) is 3.57. The third-order valence-corrected chi connectivity index (χ3v) is 3.57. The largest absolute Gasteiger partial charge is 0.487 e. The smallest absolute Gasteiger partial charge is 0.338 e. The number of amides is 2. The van der Waals surface area contributed by atoms with Crippen LogP contribution in [-0.4, -0.2) is 42.5 Å². The van der Waals surface area contributed by atoms with Gasteiger partial charge in [-0.1, -0.05) is 0 Å². The van der Waals surface area contributed by atoms with Crippen LogP contribution in [0.1, 0.15) is 24.2 Å². The van der Waals surface area contributed by atoms with Gasteiger partial charge in [0.25, 0.3) is 5.69 Å². The van der Waals surface area contributed by atoms with Gasteiger partial charge in [0.2, 0.25) is 0 Å². The van der Waals surface area contributed by atoms with Crippen LogP contribution in [0.5, 0.6) is 5.75 Å². The third kappa shape index (κ3) is 4.15. The Labute approximate surface area is 148 Å². The Kier molecular flexibility index (Phi) is 5.89. The average Bonchev–Trinajstić information content (AvgIpc) is 2.59. The number of aldehydes is 1. The van der Waals surface area contributed by atoms with E-state index in [0.29, 0.717) is 6.29 Å². The molecule has 10 nitrogen and oxygen atoms in total. The number of nitro groups is 1. The van der Waals surface area contributed by atoms with E-state index < -0.39 is 23.0 Å². The van der Waals surface area contributed by atoms with Crippen LogP contribution in [0.4, 0.5) is 10.5 Å². The minimum atomic E-state index is -0.632. The molecule has 2 rings (SSSR count). The summed E-state index contributed by atoms with van der Waals surface area (Å²) < 4.78 is 10.5.